The lowest BCUT2D eigenvalue weighted by molar-refractivity contribution is 0.0995. The lowest BCUT2D eigenvalue weighted by Crippen LogP contribution is -2.38. The molecule has 100 valence electrons. The fourth-order valence-electron chi connectivity index (χ4n) is 1.89. The van der Waals surface area contributed by atoms with Gasteiger partial charge >= 0.3 is 0 Å². The zero-order valence-corrected chi connectivity index (χ0v) is 11.5. The molecule has 0 fully saturated rings. The summed E-state index contributed by atoms with van der Waals surface area (Å²) in [5, 5.41) is 3.24. The van der Waals surface area contributed by atoms with Crippen LogP contribution in [-0.4, -0.2) is 42.5 Å². The van der Waals surface area contributed by atoms with Crippen LogP contribution >= 0.6 is 0 Å². The Morgan fingerprint density at radius 1 is 1.44 bits per heavy atom. The summed E-state index contributed by atoms with van der Waals surface area (Å²) in [4.78, 5) is 17.4. The molecule has 0 spiro atoms. The van der Waals surface area contributed by atoms with Gasteiger partial charge < -0.3 is 16.0 Å². The van der Waals surface area contributed by atoms with Crippen molar-refractivity contribution in [3.05, 3.63) is 23.9 Å². The van der Waals surface area contributed by atoms with Crippen molar-refractivity contribution in [3.8, 4) is 0 Å². The van der Waals surface area contributed by atoms with Crippen LogP contribution in [0.25, 0.3) is 0 Å². The molecule has 3 N–H and O–H groups in total. The minimum absolute atomic E-state index is 0.283. The second kappa shape index (κ2) is 6.35. The number of likely N-dealkylation sites (N-methyl/N-ethyl adjacent to an activating group) is 1. The molecule has 0 unspecified atom stereocenters. The topological polar surface area (TPSA) is 71.2 Å². The molecule has 5 nitrogen and oxygen atoms in total. The van der Waals surface area contributed by atoms with Crippen molar-refractivity contribution >= 4 is 11.7 Å². The van der Waals surface area contributed by atoms with Crippen molar-refractivity contribution in [2.24, 2.45) is 11.7 Å². The molecule has 0 saturated heterocycles. The van der Waals surface area contributed by atoms with E-state index in [0.717, 1.165) is 6.54 Å². The summed E-state index contributed by atoms with van der Waals surface area (Å²) >= 11 is 0. The number of pyridine rings is 1. The number of hydrogen-bond acceptors (Lipinski definition) is 4. The number of primary amides is 1. The second-order valence-corrected chi connectivity index (χ2v) is 4.93. The first-order chi connectivity index (χ1) is 8.41. The van der Waals surface area contributed by atoms with Crippen LogP contribution < -0.4 is 11.1 Å². The number of anilines is 1. The van der Waals surface area contributed by atoms with Gasteiger partial charge in [0.05, 0.1) is 0 Å². The van der Waals surface area contributed by atoms with Gasteiger partial charge in [0.25, 0.3) is 5.91 Å². The summed E-state index contributed by atoms with van der Waals surface area (Å²) < 4.78 is 0. The number of aromatic nitrogens is 1. The molecule has 0 bridgehead atoms. The Labute approximate surface area is 108 Å². The Morgan fingerprint density at radius 3 is 2.61 bits per heavy atom. The molecule has 0 radical (unpaired) electrons. The Bertz CT molecular complexity index is 396. The van der Waals surface area contributed by atoms with Crippen molar-refractivity contribution in [3.63, 3.8) is 0 Å². The van der Waals surface area contributed by atoms with Crippen LogP contribution in [0.2, 0.25) is 0 Å². The lowest BCUT2D eigenvalue weighted by Gasteiger charge is -2.28. The lowest BCUT2D eigenvalue weighted by atomic mass is 10.0. The number of nitrogens with two attached hydrogens (primary N) is 1. The summed E-state index contributed by atoms with van der Waals surface area (Å²) in [5.74, 6) is 0.706. The molecule has 1 rings (SSSR count). The van der Waals surface area contributed by atoms with E-state index in [1.54, 1.807) is 12.1 Å². The maximum Gasteiger partial charge on any atom is 0.267 e. The molecule has 0 saturated carbocycles. The van der Waals surface area contributed by atoms with Crippen molar-refractivity contribution < 1.29 is 4.79 Å². The van der Waals surface area contributed by atoms with Gasteiger partial charge in [-0.3, -0.25) is 4.79 Å². The molecular weight excluding hydrogens is 228 g/mol. The predicted molar refractivity (Wildman–Crippen MR) is 73.6 cm³/mol. The summed E-state index contributed by atoms with van der Waals surface area (Å²) in [6.07, 6.45) is 0. The minimum atomic E-state index is -0.508. The number of nitrogens with one attached hydrogen (secondary N) is 1. The highest BCUT2D eigenvalue weighted by Gasteiger charge is 2.15. The fraction of sp³-hybridized carbons (Fsp3) is 0.538. The SMILES string of the molecule is CC(C)[C@H](CNc1cccc(C(N)=O)n1)N(C)C. The molecule has 5 heteroatoms. The Kier molecular flexibility index (Phi) is 5.09. The second-order valence-electron chi connectivity index (χ2n) is 4.93. The molecule has 18 heavy (non-hydrogen) atoms. The monoisotopic (exact) mass is 250 g/mol. The zero-order chi connectivity index (χ0) is 13.7. The van der Waals surface area contributed by atoms with Crippen LogP contribution in [0.3, 0.4) is 0 Å². The first-order valence-electron chi connectivity index (χ1n) is 6.09. The van der Waals surface area contributed by atoms with Gasteiger partial charge in [0, 0.05) is 12.6 Å². The minimum Gasteiger partial charge on any atom is -0.368 e. The molecule has 0 aliphatic heterocycles. The largest absolute Gasteiger partial charge is 0.368 e. The molecule has 1 aromatic rings. The maximum atomic E-state index is 11.0. The fourth-order valence-corrected chi connectivity index (χ4v) is 1.89. The van der Waals surface area contributed by atoms with Gasteiger partial charge in [-0.1, -0.05) is 19.9 Å². The van der Waals surface area contributed by atoms with Gasteiger partial charge in [-0.2, -0.15) is 0 Å². The molecule has 1 heterocycles. The summed E-state index contributed by atoms with van der Waals surface area (Å²) in [6.45, 7) is 5.14. The van der Waals surface area contributed by atoms with Crippen LogP contribution in [0.5, 0.6) is 0 Å². The van der Waals surface area contributed by atoms with E-state index in [9.17, 15) is 4.79 Å². The average Bonchev–Trinajstić information content (AvgIpc) is 2.28. The number of amides is 1. The summed E-state index contributed by atoms with van der Waals surface area (Å²) in [6, 6.07) is 5.62. The zero-order valence-electron chi connectivity index (χ0n) is 11.5. The maximum absolute atomic E-state index is 11.0. The third kappa shape index (κ3) is 4.00. The number of rotatable bonds is 6. The van der Waals surface area contributed by atoms with Crippen LogP contribution in [0.1, 0.15) is 24.3 Å². The number of nitrogens with zero attached hydrogens (tertiary/aromatic N) is 2. The van der Waals surface area contributed by atoms with Crippen LogP contribution in [0, 0.1) is 5.92 Å². The third-order valence-electron chi connectivity index (χ3n) is 2.93. The Morgan fingerprint density at radius 2 is 2.11 bits per heavy atom. The quantitative estimate of drug-likeness (QED) is 0.795. The van der Waals surface area contributed by atoms with Crippen molar-refractivity contribution in [2.45, 2.75) is 19.9 Å². The normalized spacial score (nSPS) is 12.8. The number of hydrogen-bond donors (Lipinski definition) is 2. The van der Waals surface area contributed by atoms with Crippen LogP contribution in [-0.2, 0) is 0 Å². The van der Waals surface area contributed by atoms with E-state index in [0.29, 0.717) is 17.8 Å². The number of carbonyl (C=O) groups is 1. The molecule has 0 aromatic carbocycles. The van der Waals surface area contributed by atoms with Crippen molar-refractivity contribution in [1.82, 2.24) is 9.88 Å². The van der Waals surface area contributed by atoms with Crippen LogP contribution in [0.15, 0.2) is 18.2 Å². The van der Waals surface area contributed by atoms with Gasteiger partial charge in [-0.25, -0.2) is 4.98 Å². The van der Waals surface area contributed by atoms with E-state index < -0.39 is 5.91 Å². The van der Waals surface area contributed by atoms with Gasteiger partial charge in [0.1, 0.15) is 11.5 Å². The van der Waals surface area contributed by atoms with Gasteiger partial charge in [-0.15, -0.1) is 0 Å². The molecule has 0 aliphatic carbocycles. The van der Waals surface area contributed by atoms with E-state index in [-0.39, 0.29) is 5.69 Å². The molecule has 1 aromatic heterocycles. The highest BCUT2D eigenvalue weighted by atomic mass is 16.1. The highest BCUT2D eigenvalue weighted by Crippen LogP contribution is 2.10. The molecule has 1 amide bonds. The van der Waals surface area contributed by atoms with Gasteiger partial charge in [0.15, 0.2) is 0 Å². The number of carbonyl (C=O) groups excluding carboxylic acids is 1. The first-order valence-corrected chi connectivity index (χ1v) is 6.09. The highest BCUT2D eigenvalue weighted by molar-refractivity contribution is 5.91. The van der Waals surface area contributed by atoms with E-state index in [1.165, 1.54) is 0 Å². The Balaban J connectivity index is 2.67. The smallest absolute Gasteiger partial charge is 0.267 e. The average molecular weight is 250 g/mol. The summed E-state index contributed by atoms with van der Waals surface area (Å²) in [7, 11) is 4.11. The molecular formula is C13H22N4O. The first kappa shape index (κ1) is 14.4. The standard InChI is InChI=1S/C13H22N4O/c1-9(2)11(17(3)4)8-15-12-7-5-6-10(16-12)13(14)18/h5-7,9,11H,8H2,1-4H3,(H2,14,18)(H,15,16)/t11-/m0/s1. The van der Waals surface area contributed by atoms with Gasteiger partial charge in [0.2, 0.25) is 0 Å². The van der Waals surface area contributed by atoms with Crippen LogP contribution in [0.4, 0.5) is 5.82 Å². The predicted octanol–water partition coefficient (Wildman–Crippen LogP) is 1.18. The van der Waals surface area contributed by atoms with Gasteiger partial charge in [-0.05, 0) is 32.1 Å². The molecule has 0 aliphatic rings. The van der Waals surface area contributed by atoms with E-state index in [1.807, 2.05) is 6.07 Å². The Hall–Kier alpha value is -1.62. The van der Waals surface area contributed by atoms with E-state index in [4.69, 9.17) is 5.73 Å². The van der Waals surface area contributed by atoms with Crippen molar-refractivity contribution in [2.75, 3.05) is 26.0 Å². The van der Waals surface area contributed by atoms with Crippen molar-refractivity contribution in [1.29, 1.82) is 0 Å². The van der Waals surface area contributed by atoms with E-state index >= 15 is 0 Å². The molecule has 1 atom stereocenters. The summed E-state index contributed by atoms with van der Waals surface area (Å²) in [5.41, 5.74) is 5.48. The third-order valence-corrected chi connectivity index (χ3v) is 2.93. The van der Waals surface area contributed by atoms with E-state index in [2.05, 4.69) is 43.1 Å².